The fraction of sp³-hybridized carbons (Fsp3) is 0.167. The Hall–Kier alpha value is -4.20. The predicted octanol–water partition coefficient (Wildman–Crippen LogP) is 4.40. The number of nitrogens with one attached hydrogen (secondary N) is 1. The number of amides is 1. The van der Waals surface area contributed by atoms with Gasteiger partial charge in [0, 0.05) is 6.07 Å². The Kier molecular flexibility index (Phi) is 5.85. The summed E-state index contributed by atoms with van der Waals surface area (Å²) in [6, 6.07) is 13.5. The Morgan fingerprint density at radius 3 is 2.62 bits per heavy atom. The monoisotopic (exact) mass is 435 g/mol. The highest BCUT2D eigenvalue weighted by atomic mass is 16.5. The summed E-state index contributed by atoms with van der Waals surface area (Å²) in [5.74, 6) is 0.860. The van der Waals surface area contributed by atoms with Crippen LogP contribution in [-0.4, -0.2) is 26.7 Å². The Morgan fingerprint density at radius 1 is 1.06 bits per heavy atom. The minimum atomic E-state index is -0.484. The lowest BCUT2D eigenvalue weighted by atomic mass is 10.1. The number of rotatable bonds is 7. The van der Waals surface area contributed by atoms with Gasteiger partial charge in [-0.05, 0) is 48.9 Å². The molecular weight excluding hydrogens is 414 g/mol. The van der Waals surface area contributed by atoms with Gasteiger partial charge in [0.2, 0.25) is 16.9 Å². The van der Waals surface area contributed by atoms with E-state index in [1.54, 1.807) is 48.5 Å². The number of fused-ring (bicyclic) bond motifs is 1. The maximum atomic E-state index is 13.1. The molecular formula is C24H21NO7. The van der Waals surface area contributed by atoms with E-state index in [0.717, 1.165) is 5.56 Å². The van der Waals surface area contributed by atoms with Crippen molar-refractivity contribution in [2.45, 2.75) is 6.92 Å². The van der Waals surface area contributed by atoms with E-state index in [0.29, 0.717) is 33.9 Å². The van der Waals surface area contributed by atoms with E-state index >= 15 is 0 Å². The summed E-state index contributed by atoms with van der Waals surface area (Å²) in [5, 5.41) is 3.05. The fourth-order valence-corrected chi connectivity index (χ4v) is 3.21. The van der Waals surface area contributed by atoms with Crippen molar-refractivity contribution in [2.75, 3.05) is 26.1 Å². The van der Waals surface area contributed by atoms with Gasteiger partial charge >= 0.3 is 0 Å². The molecule has 32 heavy (non-hydrogen) atoms. The van der Waals surface area contributed by atoms with Crippen LogP contribution in [-0.2, 0) is 4.79 Å². The maximum Gasteiger partial charge on any atom is 0.262 e. The second-order valence-electron chi connectivity index (χ2n) is 6.97. The summed E-state index contributed by atoms with van der Waals surface area (Å²) in [6.07, 6.45) is 1.46. The SMILES string of the molecule is COc1ccc(NC(=O)COc2c(-c3ccco3)oc3cc(C)ccc3c2=O)c(OC)c1. The third-order valence-electron chi connectivity index (χ3n) is 4.78. The number of hydrogen-bond acceptors (Lipinski definition) is 7. The van der Waals surface area contributed by atoms with Gasteiger partial charge in [0.05, 0.1) is 31.6 Å². The van der Waals surface area contributed by atoms with Crippen molar-refractivity contribution in [2.24, 2.45) is 0 Å². The van der Waals surface area contributed by atoms with Gasteiger partial charge < -0.3 is 28.4 Å². The van der Waals surface area contributed by atoms with Crippen LogP contribution in [0.1, 0.15) is 5.56 Å². The Labute approximate surface area is 183 Å². The smallest absolute Gasteiger partial charge is 0.262 e. The molecule has 4 aromatic rings. The molecule has 2 aromatic heterocycles. The molecule has 164 valence electrons. The van der Waals surface area contributed by atoms with Crippen molar-refractivity contribution in [3.05, 3.63) is 70.6 Å². The predicted molar refractivity (Wildman–Crippen MR) is 119 cm³/mol. The number of benzene rings is 2. The Bertz CT molecular complexity index is 1320. The summed E-state index contributed by atoms with van der Waals surface area (Å²) in [5.41, 5.74) is 1.38. The number of aryl methyl sites for hydroxylation is 1. The number of hydrogen-bond donors (Lipinski definition) is 1. The Balaban J connectivity index is 1.62. The van der Waals surface area contributed by atoms with Crippen LogP contribution in [0.15, 0.2) is 68.4 Å². The molecule has 0 spiro atoms. The fourth-order valence-electron chi connectivity index (χ4n) is 3.21. The first-order chi connectivity index (χ1) is 15.5. The van der Waals surface area contributed by atoms with Crippen LogP contribution in [0.4, 0.5) is 5.69 Å². The molecule has 0 aliphatic carbocycles. The van der Waals surface area contributed by atoms with Gasteiger partial charge in [-0.2, -0.15) is 0 Å². The molecule has 0 unspecified atom stereocenters. The van der Waals surface area contributed by atoms with Gasteiger partial charge in [-0.3, -0.25) is 9.59 Å². The molecule has 1 amide bonds. The summed E-state index contributed by atoms with van der Waals surface area (Å²) in [6.45, 7) is 1.47. The molecule has 0 saturated heterocycles. The third kappa shape index (κ3) is 4.15. The average molecular weight is 435 g/mol. The molecule has 0 bridgehead atoms. The summed E-state index contributed by atoms with van der Waals surface area (Å²) in [7, 11) is 3.02. The zero-order chi connectivity index (χ0) is 22.7. The van der Waals surface area contributed by atoms with Crippen LogP contribution in [0.5, 0.6) is 17.2 Å². The molecule has 0 radical (unpaired) electrons. The maximum absolute atomic E-state index is 13.1. The zero-order valence-corrected chi connectivity index (χ0v) is 17.8. The molecule has 1 N–H and O–H groups in total. The van der Waals surface area contributed by atoms with E-state index in [9.17, 15) is 9.59 Å². The van der Waals surface area contributed by atoms with Crippen LogP contribution < -0.4 is 25.0 Å². The first-order valence-electron chi connectivity index (χ1n) is 9.76. The van der Waals surface area contributed by atoms with Gasteiger partial charge in [0.1, 0.15) is 17.1 Å². The van der Waals surface area contributed by atoms with E-state index in [1.807, 2.05) is 6.92 Å². The minimum absolute atomic E-state index is 0.104. The van der Waals surface area contributed by atoms with E-state index in [-0.39, 0.29) is 11.5 Å². The minimum Gasteiger partial charge on any atom is -0.497 e. The largest absolute Gasteiger partial charge is 0.497 e. The number of carbonyl (C=O) groups is 1. The van der Waals surface area contributed by atoms with Gasteiger partial charge in [0.15, 0.2) is 12.4 Å². The van der Waals surface area contributed by atoms with Crippen molar-refractivity contribution < 1.29 is 27.8 Å². The lowest BCUT2D eigenvalue weighted by Crippen LogP contribution is -2.23. The number of methoxy groups -OCH3 is 2. The van der Waals surface area contributed by atoms with Crippen molar-refractivity contribution in [3.8, 4) is 28.8 Å². The topological polar surface area (TPSA) is 100 Å². The highest BCUT2D eigenvalue weighted by Gasteiger charge is 2.21. The van der Waals surface area contributed by atoms with E-state index < -0.39 is 17.9 Å². The molecule has 4 rings (SSSR count). The molecule has 2 heterocycles. The molecule has 8 heteroatoms. The summed E-state index contributed by atoms with van der Waals surface area (Å²) in [4.78, 5) is 25.7. The number of ether oxygens (including phenoxy) is 3. The van der Waals surface area contributed by atoms with Crippen LogP contribution in [0.25, 0.3) is 22.5 Å². The van der Waals surface area contributed by atoms with Gasteiger partial charge in [-0.25, -0.2) is 0 Å². The second-order valence-corrected chi connectivity index (χ2v) is 6.97. The van der Waals surface area contributed by atoms with Gasteiger partial charge in [-0.1, -0.05) is 6.07 Å². The molecule has 8 nitrogen and oxygen atoms in total. The van der Waals surface area contributed by atoms with Crippen LogP contribution >= 0.6 is 0 Å². The van der Waals surface area contributed by atoms with E-state index in [4.69, 9.17) is 23.0 Å². The molecule has 0 aliphatic rings. The molecule has 2 aromatic carbocycles. The number of anilines is 1. The third-order valence-corrected chi connectivity index (χ3v) is 4.78. The first-order valence-corrected chi connectivity index (χ1v) is 9.76. The van der Waals surface area contributed by atoms with Crippen molar-refractivity contribution >= 4 is 22.6 Å². The summed E-state index contributed by atoms with van der Waals surface area (Å²) >= 11 is 0. The van der Waals surface area contributed by atoms with Crippen LogP contribution in [0.3, 0.4) is 0 Å². The van der Waals surface area contributed by atoms with E-state index in [2.05, 4.69) is 5.32 Å². The van der Waals surface area contributed by atoms with Crippen LogP contribution in [0, 0.1) is 6.92 Å². The highest BCUT2D eigenvalue weighted by molar-refractivity contribution is 5.93. The molecule has 0 atom stereocenters. The molecule has 0 aliphatic heterocycles. The molecule has 0 saturated carbocycles. The zero-order valence-electron chi connectivity index (χ0n) is 17.8. The van der Waals surface area contributed by atoms with Crippen molar-refractivity contribution in [1.82, 2.24) is 0 Å². The molecule has 0 fully saturated rings. The normalized spacial score (nSPS) is 10.7. The number of furan rings is 1. The standard InChI is InChI=1S/C24H21NO7/c1-14-6-8-16-19(11-14)32-23(18-5-4-10-30-18)24(22(16)27)31-13-21(26)25-17-9-7-15(28-2)12-20(17)29-3/h4-12H,13H2,1-3H3,(H,25,26). The van der Waals surface area contributed by atoms with Gasteiger partial charge in [-0.15, -0.1) is 0 Å². The van der Waals surface area contributed by atoms with E-state index in [1.165, 1.54) is 20.5 Å². The van der Waals surface area contributed by atoms with Gasteiger partial charge in [0.25, 0.3) is 5.91 Å². The lowest BCUT2D eigenvalue weighted by Gasteiger charge is -2.13. The Morgan fingerprint density at radius 2 is 1.91 bits per heavy atom. The lowest BCUT2D eigenvalue weighted by molar-refractivity contribution is -0.118. The van der Waals surface area contributed by atoms with Crippen LogP contribution in [0.2, 0.25) is 0 Å². The van der Waals surface area contributed by atoms with Crippen molar-refractivity contribution in [1.29, 1.82) is 0 Å². The van der Waals surface area contributed by atoms with Crippen molar-refractivity contribution in [3.63, 3.8) is 0 Å². The highest BCUT2D eigenvalue weighted by Crippen LogP contribution is 2.32. The quantitative estimate of drug-likeness (QED) is 0.459. The summed E-state index contributed by atoms with van der Waals surface area (Å²) < 4.78 is 27.4. The average Bonchev–Trinajstić information content (AvgIpc) is 3.33. The first kappa shape index (κ1) is 21.0. The number of carbonyl (C=O) groups excluding carboxylic acids is 1. The second kappa shape index (κ2) is 8.89.